The van der Waals surface area contributed by atoms with Crippen LogP contribution in [-0.2, 0) is 16.1 Å². The molecule has 0 saturated heterocycles. The van der Waals surface area contributed by atoms with Crippen LogP contribution in [-0.4, -0.2) is 11.9 Å². The number of halogens is 3. The Morgan fingerprint density at radius 1 is 1.03 bits per heavy atom. The molecule has 0 aliphatic carbocycles. The molecule has 3 aromatic rings. The van der Waals surface area contributed by atoms with E-state index in [1.165, 1.54) is 5.56 Å². The summed E-state index contributed by atoms with van der Waals surface area (Å²) in [5.74, 6) is 0.532. The zero-order valence-corrected chi connectivity index (χ0v) is 21.7. The van der Waals surface area contributed by atoms with E-state index in [4.69, 9.17) is 9.47 Å². The Balaban J connectivity index is 1.54. The molecule has 0 atom stereocenters. The van der Waals surface area contributed by atoms with Crippen molar-refractivity contribution in [1.82, 2.24) is 0 Å². The van der Waals surface area contributed by atoms with Gasteiger partial charge in [-0.05, 0) is 115 Å². The second-order valence-corrected chi connectivity index (χ2v) is 9.89. The number of aliphatic imine (C=N–C) groups is 1. The van der Waals surface area contributed by atoms with Crippen LogP contribution in [0.2, 0.25) is 0 Å². The molecule has 0 spiro atoms. The van der Waals surface area contributed by atoms with E-state index in [9.17, 15) is 4.79 Å². The lowest BCUT2D eigenvalue weighted by atomic mass is 10.1. The molecule has 0 amide bonds. The van der Waals surface area contributed by atoms with E-state index in [0.29, 0.717) is 18.3 Å². The van der Waals surface area contributed by atoms with Gasteiger partial charge < -0.3 is 9.47 Å². The number of hydrogen-bond donors (Lipinski definition) is 0. The molecule has 156 valence electrons. The third-order valence-electron chi connectivity index (χ3n) is 4.54. The first-order valence-corrected chi connectivity index (χ1v) is 12.0. The Bertz CT molecular complexity index is 1180. The van der Waals surface area contributed by atoms with Gasteiger partial charge in [-0.25, -0.2) is 9.79 Å². The molecule has 0 unspecified atom stereocenters. The monoisotopic (exact) mass is 651 g/mol. The van der Waals surface area contributed by atoms with Crippen LogP contribution in [0.4, 0.5) is 0 Å². The Labute approximate surface area is 210 Å². The fourth-order valence-corrected chi connectivity index (χ4v) is 4.73. The molecule has 0 bridgehead atoms. The first-order valence-electron chi connectivity index (χ1n) is 9.35. The van der Waals surface area contributed by atoms with Gasteiger partial charge in [0, 0.05) is 9.13 Å². The van der Waals surface area contributed by atoms with E-state index in [2.05, 4.69) is 78.5 Å². The average Bonchev–Trinajstić information content (AvgIpc) is 3.09. The molecule has 0 N–H and O–H groups in total. The van der Waals surface area contributed by atoms with Gasteiger partial charge in [0.05, 0.1) is 8.95 Å². The molecule has 0 radical (unpaired) electrons. The van der Waals surface area contributed by atoms with Crippen molar-refractivity contribution in [2.24, 2.45) is 4.99 Å². The fourth-order valence-electron chi connectivity index (χ4n) is 2.92. The maximum Gasteiger partial charge on any atom is 0.363 e. The second kappa shape index (κ2) is 9.67. The van der Waals surface area contributed by atoms with E-state index < -0.39 is 5.97 Å². The predicted octanol–water partition coefficient (Wildman–Crippen LogP) is 7.05. The zero-order chi connectivity index (χ0) is 22.0. The maximum absolute atomic E-state index is 12.3. The van der Waals surface area contributed by atoms with Crippen molar-refractivity contribution in [1.29, 1.82) is 0 Å². The van der Waals surface area contributed by atoms with Gasteiger partial charge in [-0.15, -0.1) is 0 Å². The minimum atomic E-state index is -0.472. The van der Waals surface area contributed by atoms with Crippen LogP contribution in [0.3, 0.4) is 0 Å². The molecule has 0 fully saturated rings. The van der Waals surface area contributed by atoms with Crippen molar-refractivity contribution in [3.8, 4) is 5.75 Å². The maximum atomic E-state index is 12.3. The van der Waals surface area contributed by atoms with Crippen LogP contribution in [0, 0.1) is 10.5 Å². The van der Waals surface area contributed by atoms with Crippen molar-refractivity contribution in [3.63, 3.8) is 0 Å². The smallest absolute Gasteiger partial charge is 0.363 e. The van der Waals surface area contributed by atoms with Gasteiger partial charge in [0.1, 0.15) is 12.4 Å². The highest BCUT2D eigenvalue weighted by molar-refractivity contribution is 14.1. The number of hydrogen-bond acceptors (Lipinski definition) is 4. The number of nitrogens with zero attached hydrogens (tertiary/aromatic N) is 1. The van der Waals surface area contributed by atoms with Crippen LogP contribution in [0.15, 0.2) is 80.3 Å². The highest BCUT2D eigenvalue weighted by Gasteiger charge is 2.24. The van der Waals surface area contributed by atoms with Gasteiger partial charge in [-0.3, -0.25) is 0 Å². The summed E-state index contributed by atoms with van der Waals surface area (Å²) in [7, 11) is 0. The van der Waals surface area contributed by atoms with E-state index in [1.807, 2.05) is 48.5 Å². The minimum Gasteiger partial charge on any atom is -0.487 e. The summed E-state index contributed by atoms with van der Waals surface area (Å²) in [6, 6.07) is 19.6. The SMILES string of the molecule is Cc1ccc(COc2c(Br)cc(/C=C3\N=C(c4ccc(I)cc4)OC3=O)cc2Br)cc1. The second-order valence-electron chi connectivity index (χ2n) is 6.93. The van der Waals surface area contributed by atoms with Crippen LogP contribution in [0.25, 0.3) is 6.08 Å². The molecule has 31 heavy (non-hydrogen) atoms. The van der Waals surface area contributed by atoms with Crippen LogP contribution >= 0.6 is 54.5 Å². The summed E-state index contributed by atoms with van der Waals surface area (Å²) < 4.78 is 14.0. The quantitative estimate of drug-likeness (QED) is 0.169. The molecule has 1 aliphatic rings. The van der Waals surface area contributed by atoms with E-state index >= 15 is 0 Å². The van der Waals surface area contributed by atoms with Crippen LogP contribution < -0.4 is 4.74 Å². The Kier molecular flexibility index (Phi) is 6.93. The zero-order valence-electron chi connectivity index (χ0n) is 16.4. The predicted molar refractivity (Wildman–Crippen MR) is 137 cm³/mol. The Hall–Kier alpha value is -1.97. The fraction of sp³-hybridized carbons (Fsp3) is 0.0833. The molecule has 0 aromatic heterocycles. The summed E-state index contributed by atoms with van der Waals surface area (Å²) >= 11 is 9.36. The largest absolute Gasteiger partial charge is 0.487 e. The summed E-state index contributed by atoms with van der Waals surface area (Å²) in [6.07, 6.45) is 1.70. The Morgan fingerprint density at radius 3 is 2.32 bits per heavy atom. The first-order chi connectivity index (χ1) is 14.9. The molecule has 7 heteroatoms. The van der Waals surface area contributed by atoms with Gasteiger partial charge in [0.2, 0.25) is 5.90 Å². The van der Waals surface area contributed by atoms with Gasteiger partial charge in [0.25, 0.3) is 0 Å². The summed E-state index contributed by atoms with van der Waals surface area (Å²) in [5, 5.41) is 0. The van der Waals surface area contributed by atoms with Crippen molar-refractivity contribution < 1.29 is 14.3 Å². The molecule has 3 aromatic carbocycles. The van der Waals surface area contributed by atoms with Crippen molar-refractivity contribution in [3.05, 3.63) is 101 Å². The summed E-state index contributed by atoms with van der Waals surface area (Å²) in [6.45, 7) is 2.51. The van der Waals surface area contributed by atoms with Crippen LogP contribution in [0.5, 0.6) is 5.75 Å². The van der Waals surface area contributed by atoms with Gasteiger partial charge >= 0.3 is 5.97 Å². The molecule has 4 nitrogen and oxygen atoms in total. The third-order valence-corrected chi connectivity index (χ3v) is 6.44. The van der Waals surface area contributed by atoms with E-state index in [0.717, 1.165) is 29.2 Å². The Morgan fingerprint density at radius 2 is 1.68 bits per heavy atom. The number of ether oxygens (including phenoxy) is 2. The van der Waals surface area contributed by atoms with Gasteiger partial charge in [-0.1, -0.05) is 29.8 Å². The number of esters is 1. The number of carbonyl (C=O) groups is 1. The summed E-state index contributed by atoms with van der Waals surface area (Å²) in [4.78, 5) is 16.7. The lowest BCUT2D eigenvalue weighted by Gasteiger charge is -2.11. The first kappa shape index (κ1) is 22.2. The number of rotatable bonds is 5. The van der Waals surface area contributed by atoms with Gasteiger partial charge in [0.15, 0.2) is 5.70 Å². The molecule has 0 saturated carbocycles. The molecule has 4 rings (SSSR count). The number of cyclic esters (lactones) is 1. The van der Waals surface area contributed by atoms with Crippen molar-refractivity contribution in [2.75, 3.05) is 0 Å². The van der Waals surface area contributed by atoms with E-state index in [1.54, 1.807) is 6.08 Å². The van der Waals surface area contributed by atoms with Crippen molar-refractivity contribution >= 4 is 72.4 Å². The molecular formula is C24H16Br2INO3. The average molecular weight is 653 g/mol. The normalized spacial score (nSPS) is 14.5. The molecule has 1 aliphatic heterocycles. The highest BCUT2D eigenvalue weighted by Crippen LogP contribution is 2.36. The standard InChI is InChI=1S/C24H16Br2INO3/c1-14-2-4-15(5-3-14)13-30-22-19(25)10-16(11-20(22)26)12-21-24(29)31-23(28-21)17-6-8-18(27)9-7-17/h2-12H,13H2,1H3/b21-12-. The van der Waals surface area contributed by atoms with E-state index in [-0.39, 0.29) is 5.70 Å². The van der Waals surface area contributed by atoms with Crippen LogP contribution in [0.1, 0.15) is 22.3 Å². The summed E-state index contributed by atoms with van der Waals surface area (Å²) in [5.41, 5.74) is 4.10. The number of aryl methyl sites for hydroxylation is 1. The number of carbonyl (C=O) groups excluding carboxylic acids is 1. The van der Waals surface area contributed by atoms with Crippen molar-refractivity contribution in [2.45, 2.75) is 13.5 Å². The lowest BCUT2D eigenvalue weighted by molar-refractivity contribution is -0.129. The molecule has 1 heterocycles. The highest BCUT2D eigenvalue weighted by atomic mass is 127. The van der Waals surface area contributed by atoms with Gasteiger partial charge in [-0.2, -0.15) is 0 Å². The number of benzene rings is 3. The minimum absolute atomic E-state index is 0.251. The third kappa shape index (κ3) is 5.45. The molecular weight excluding hydrogens is 637 g/mol. The lowest BCUT2D eigenvalue weighted by Crippen LogP contribution is -2.05. The topological polar surface area (TPSA) is 47.9 Å².